The number of hydrogen-bond donors (Lipinski definition) is 0. The number of fused-ring (bicyclic) bond motifs is 2. The van der Waals surface area contributed by atoms with E-state index >= 15 is 0 Å². The van der Waals surface area contributed by atoms with Gasteiger partial charge in [0, 0.05) is 11.0 Å². The molecule has 0 fully saturated rings. The fourth-order valence-electron chi connectivity index (χ4n) is 3.45. The SMILES string of the molecule is CC1=CCCC2(C)C(=O)c3occ(C)c3CC12. The van der Waals surface area contributed by atoms with Gasteiger partial charge in [-0.25, -0.2) is 0 Å². The van der Waals surface area contributed by atoms with Gasteiger partial charge in [-0.2, -0.15) is 0 Å². The molecule has 0 radical (unpaired) electrons. The van der Waals surface area contributed by atoms with Crippen LogP contribution in [0.4, 0.5) is 0 Å². The fourth-order valence-corrected chi connectivity index (χ4v) is 3.45. The molecule has 0 saturated heterocycles. The molecule has 0 N–H and O–H groups in total. The van der Waals surface area contributed by atoms with Gasteiger partial charge in [0.1, 0.15) is 0 Å². The Morgan fingerprint density at radius 1 is 1.41 bits per heavy atom. The Bertz CT molecular complexity index is 521. The first-order chi connectivity index (χ1) is 8.04. The molecule has 0 aromatic carbocycles. The molecule has 0 saturated carbocycles. The van der Waals surface area contributed by atoms with Crippen LogP contribution in [0.25, 0.3) is 0 Å². The highest BCUT2D eigenvalue weighted by atomic mass is 16.3. The van der Waals surface area contributed by atoms with Crippen molar-refractivity contribution in [1.29, 1.82) is 0 Å². The lowest BCUT2D eigenvalue weighted by atomic mass is 9.59. The number of aryl methyl sites for hydroxylation is 1. The van der Waals surface area contributed by atoms with E-state index in [2.05, 4.69) is 19.9 Å². The smallest absolute Gasteiger partial charge is 0.204 e. The van der Waals surface area contributed by atoms with E-state index < -0.39 is 0 Å². The minimum Gasteiger partial charge on any atom is -0.461 e. The van der Waals surface area contributed by atoms with Gasteiger partial charge in [-0.3, -0.25) is 4.79 Å². The van der Waals surface area contributed by atoms with Crippen molar-refractivity contribution < 1.29 is 9.21 Å². The molecule has 2 heteroatoms. The molecule has 2 aliphatic rings. The monoisotopic (exact) mass is 230 g/mol. The van der Waals surface area contributed by atoms with Crippen LogP contribution in [0.15, 0.2) is 22.3 Å². The predicted molar refractivity (Wildman–Crippen MR) is 66.1 cm³/mol. The maximum atomic E-state index is 12.6. The quantitative estimate of drug-likeness (QED) is 0.636. The third-order valence-corrected chi connectivity index (χ3v) is 4.69. The lowest BCUT2D eigenvalue weighted by Gasteiger charge is -2.42. The van der Waals surface area contributed by atoms with E-state index in [1.54, 1.807) is 6.26 Å². The molecule has 90 valence electrons. The van der Waals surface area contributed by atoms with E-state index in [4.69, 9.17) is 4.42 Å². The maximum absolute atomic E-state index is 12.6. The van der Waals surface area contributed by atoms with Crippen molar-refractivity contribution in [3.8, 4) is 0 Å². The summed E-state index contributed by atoms with van der Waals surface area (Å²) in [6.07, 6.45) is 6.94. The van der Waals surface area contributed by atoms with Gasteiger partial charge >= 0.3 is 0 Å². The van der Waals surface area contributed by atoms with Crippen LogP contribution in [0.3, 0.4) is 0 Å². The van der Waals surface area contributed by atoms with E-state index in [0.29, 0.717) is 11.7 Å². The van der Waals surface area contributed by atoms with Crippen LogP contribution in [0.2, 0.25) is 0 Å². The zero-order valence-corrected chi connectivity index (χ0v) is 10.7. The van der Waals surface area contributed by atoms with Crippen molar-refractivity contribution in [3.05, 3.63) is 34.8 Å². The van der Waals surface area contributed by atoms with Crippen LogP contribution in [-0.2, 0) is 6.42 Å². The van der Waals surface area contributed by atoms with Gasteiger partial charge in [-0.05, 0) is 44.6 Å². The van der Waals surface area contributed by atoms with E-state index in [1.807, 2.05) is 6.92 Å². The standard InChI is InChI=1S/C15H18O2/c1-9-5-4-6-15(3)12(9)7-11-10(2)8-17-13(11)14(15)16/h5,8,12H,4,6-7H2,1-3H3. The molecule has 0 amide bonds. The summed E-state index contributed by atoms with van der Waals surface area (Å²) in [5, 5.41) is 0. The summed E-state index contributed by atoms with van der Waals surface area (Å²) in [5.41, 5.74) is 3.38. The molecule has 1 aromatic heterocycles. The summed E-state index contributed by atoms with van der Waals surface area (Å²) in [4.78, 5) is 12.6. The third-order valence-electron chi connectivity index (χ3n) is 4.69. The minimum absolute atomic E-state index is 0.212. The molecule has 0 bridgehead atoms. The van der Waals surface area contributed by atoms with Gasteiger partial charge < -0.3 is 4.42 Å². The number of carbonyl (C=O) groups excluding carboxylic acids is 1. The van der Waals surface area contributed by atoms with Gasteiger partial charge in [0.2, 0.25) is 5.78 Å². The molecule has 0 spiro atoms. The molecule has 2 nitrogen and oxygen atoms in total. The van der Waals surface area contributed by atoms with Crippen molar-refractivity contribution in [2.75, 3.05) is 0 Å². The van der Waals surface area contributed by atoms with Gasteiger partial charge in [0.15, 0.2) is 5.76 Å². The Kier molecular flexibility index (Phi) is 2.13. The number of rotatable bonds is 0. The molecule has 1 aromatic rings. The molecule has 2 aliphatic carbocycles. The second-order valence-corrected chi connectivity index (χ2v) is 5.72. The Morgan fingerprint density at radius 3 is 2.94 bits per heavy atom. The zero-order valence-electron chi connectivity index (χ0n) is 10.7. The molecule has 2 unspecified atom stereocenters. The van der Waals surface area contributed by atoms with Crippen LogP contribution in [-0.4, -0.2) is 5.78 Å². The van der Waals surface area contributed by atoms with Crippen molar-refractivity contribution in [1.82, 2.24) is 0 Å². The first-order valence-electron chi connectivity index (χ1n) is 6.32. The summed E-state index contributed by atoms with van der Waals surface area (Å²) in [6.45, 7) is 6.30. The molecular formula is C15H18O2. The molecule has 2 atom stereocenters. The zero-order chi connectivity index (χ0) is 12.2. The van der Waals surface area contributed by atoms with Gasteiger partial charge in [-0.15, -0.1) is 0 Å². The average Bonchev–Trinajstić information content (AvgIpc) is 2.64. The molecule has 3 rings (SSSR count). The van der Waals surface area contributed by atoms with E-state index in [9.17, 15) is 4.79 Å². The number of Topliss-reactive ketones (excluding diaryl/α,β-unsaturated/α-hetero) is 1. The largest absolute Gasteiger partial charge is 0.461 e. The Hall–Kier alpha value is -1.31. The Labute approximate surface area is 102 Å². The first-order valence-corrected chi connectivity index (χ1v) is 6.32. The molecule has 1 heterocycles. The van der Waals surface area contributed by atoms with Crippen molar-refractivity contribution >= 4 is 5.78 Å². The van der Waals surface area contributed by atoms with Gasteiger partial charge in [0.25, 0.3) is 0 Å². The van der Waals surface area contributed by atoms with Crippen molar-refractivity contribution in [2.24, 2.45) is 11.3 Å². The summed E-state index contributed by atoms with van der Waals surface area (Å²) in [7, 11) is 0. The highest BCUT2D eigenvalue weighted by molar-refractivity contribution is 6.01. The predicted octanol–water partition coefficient (Wildman–Crippen LogP) is 3.69. The van der Waals surface area contributed by atoms with Gasteiger partial charge in [-0.1, -0.05) is 18.6 Å². The summed E-state index contributed by atoms with van der Waals surface area (Å²) in [6, 6.07) is 0. The lowest BCUT2D eigenvalue weighted by Crippen LogP contribution is -2.43. The van der Waals surface area contributed by atoms with Crippen LogP contribution in [0.1, 0.15) is 48.4 Å². The molecular weight excluding hydrogens is 212 g/mol. The summed E-state index contributed by atoms with van der Waals surface area (Å²) >= 11 is 0. The van der Waals surface area contributed by atoms with E-state index in [0.717, 1.165) is 30.4 Å². The third kappa shape index (κ3) is 1.30. The number of allylic oxidation sites excluding steroid dienone is 2. The van der Waals surface area contributed by atoms with Crippen molar-refractivity contribution in [3.63, 3.8) is 0 Å². The van der Waals surface area contributed by atoms with Crippen molar-refractivity contribution in [2.45, 2.75) is 40.0 Å². The first kappa shape index (κ1) is 10.8. The number of hydrogen-bond acceptors (Lipinski definition) is 2. The topological polar surface area (TPSA) is 30.2 Å². The lowest BCUT2D eigenvalue weighted by molar-refractivity contribution is 0.0639. The Balaban J connectivity index is 2.17. The molecule has 0 aliphatic heterocycles. The van der Waals surface area contributed by atoms with Crippen LogP contribution < -0.4 is 0 Å². The number of ketones is 1. The fraction of sp³-hybridized carbons (Fsp3) is 0.533. The highest BCUT2D eigenvalue weighted by Crippen LogP contribution is 2.49. The number of carbonyl (C=O) groups is 1. The second kappa shape index (κ2) is 3.34. The minimum atomic E-state index is -0.240. The summed E-state index contributed by atoms with van der Waals surface area (Å²) < 4.78 is 5.48. The van der Waals surface area contributed by atoms with E-state index in [-0.39, 0.29) is 11.2 Å². The van der Waals surface area contributed by atoms with Gasteiger partial charge in [0.05, 0.1) is 6.26 Å². The van der Waals surface area contributed by atoms with Crippen LogP contribution in [0, 0.1) is 18.3 Å². The van der Waals surface area contributed by atoms with Crippen LogP contribution >= 0.6 is 0 Å². The highest BCUT2D eigenvalue weighted by Gasteiger charge is 2.49. The second-order valence-electron chi connectivity index (χ2n) is 5.72. The molecule has 17 heavy (non-hydrogen) atoms. The van der Waals surface area contributed by atoms with Crippen LogP contribution in [0.5, 0.6) is 0 Å². The van der Waals surface area contributed by atoms with E-state index in [1.165, 1.54) is 5.57 Å². The Morgan fingerprint density at radius 2 is 2.18 bits per heavy atom. The average molecular weight is 230 g/mol. The summed E-state index contributed by atoms with van der Waals surface area (Å²) in [5.74, 6) is 1.20. The normalized spacial score (nSPS) is 31.8. The maximum Gasteiger partial charge on any atom is 0.204 e. The number of furan rings is 1.